The topological polar surface area (TPSA) is 29.3 Å². The minimum absolute atomic E-state index is 0.562. The van der Waals surface area contributed by atoms with Crippen molar-refractivity contribution in [3.63, 3.8) is 0 Å². The zero-order valence-electron chi connectivity index (χ0n) is 11.9. The molecule has 2 nitrogen and oxygen atoms in total. The van der Waals surface area contributed by atoms with Gasteiger partial charge in [0.25, 0.3) is 0 Å². The summed E-state index contributed by atoms with van der Waals surface area (Å²) in [7, 11) is 2.27. The van der Waals surface area contributed by atoms with E-state index in [9.17, 15) is 0 Å². The van der Waals surface area contributed by atoms with Crippen LogP contribution in [0.2, 0.25) is 0 Å². The van der Waals surface area contributed by atoms with Crippen molar-refractivity contribution in [1.29, 1.82) is 0 Å². The van der Waals surface area contributed by atoms with Crippen molar-refractivity contribution >= 4 is 11.3 Å². The van der Waals surface area contributed by atoms with Gasteiger partial charge in [-0.05, 0) is 50.3 Å². The number of nitrogens with two attached hydrogens (primary N) is 1. The summed E-state index contributed by atoms with van der Waals surface area (Å²) in [6, 6.07) is 5.16. The van der Waals surface area contributed by atoms with Gasteiger partial charge in [0, 0.05) is 28.9 Å². The van der Waals surface area contributed by atoms with Crippen LogP contribution in [0.4, 0.5) is 0 Å². The van der Waals surface area contributed by atoms with Crippen LogP contribution in [0.1, 0.15) is 49.3 Å². The fourth-order valence-electron chi connectivity index (χ4n) is 2.82. The van der Waals surface area contributed by atoms with Gasteiger partial charge in [-0.25, -0.2) is 0 Å². The van der Waals surface area contributed by atoms with Crippen LogP contribution in [-0.2, 0) is 13.1 Å². The van der Waals surface area contributed by atoms with Gasteiger partial charge in [0.15, 0.2) is 0 Å². The van der Waals surface area contributed by atoms with Crippen molar-refractivity contribution in [1.82, 2.24) is 4.90 Å². The molecule has 0 atom stereocenters. The Balaban J connectivity index is 1.86. The molecule has 3 heteroatoms. The molecular formula is C15H26N2S. The molecule has 1 aliphatic carbocycles. The molecule has 0 bridgehead atoms. The molecular weight excluding hydrogens is 240 g/mol. The monoisotopic (exact) mass is 266 g/mol. The predicted molar refractivity (Wildman–Crippen MR) is 79.7 cm³/mol. The Kier molecular flexibility index (Phi) is 4.46. The van der Waals surface area contributed by atoms with Crippen LogP contribution in [-0.4, -0.2) is 18.0 Å². The fraction of sp³-hybridized carbons (Fsp3) is 0.733. The van der Waals surface area contributed by atoms with E-state index in [-0.39, 0.29) is 0 Å². The standard InChI is InChI=1S/C15H26N2S/c1-15(2)8-6-12(7-9-15)17(3)11-14-5-4-13(10-16)18-14/h4-5,12H,6-11,16H2,1-3H3. The summed E-state index contributed by atoms with van der Waals surface area (Å²) in [5, 5.41) is 0. The summed E-state index contributed by atoms with van der Waals surface area (Å²) < 4.78 is 0. The lowest BCUT2D eigenvalue weighted by molar-refractivity contribution is 0.124. The van der Waals surface area contributed by atoms with Gasteiger partial charge >= 0.3 is 0 Å². The highest BCUT2D eigenvalue weighted by Gasteiger charge is 2.28. The molecule has 1 heterocycles. The third-order valence-corrected chi connectivity index (χ3v) is 5.35. The summed E-state index contributed by atoms with van der Waals surface area (Å²) in [6.45, 7) is 6.55. The van der Waals surface area contributed by atoms with Gasteiger partial charge in [0.1, 0.15) is 0 Å². The third kappa shape index (κ3) is 3.56. The maximum atomic E-state index is 5.66. The lowest BCUT2D eigenvalue weighted by atomic mass is 9.75. The molecule has 1 aromatic heterocycles. The van der Waals surface area contributed by atoms with E-state index >= 15 is 0 Å². The van der Waals surface area contributed by atoms with E-state index in [1.54, 1.807) is 0 Å². The van der Waals surface area contributed by atoms with Crippen LogP contribution >= 0.6 is 11.3 Å². The summed E-state index contributed by atoms with van der Waals surface area (Å²) in [5.74, 6) is 0. The Morgan fingerprint density at radius 1 is 1.28 bits per heavy atom. The molecule has 0 aliphatic heterocycles. The minimum Gasteiger partial charge on any atom is -0.326 e. The van der Waals surface area contributed by atoms with Crippen LogP contribution in [0, 0.1) is 5.41 Å². The number of hydrogen-bond acceptors (Lipinski definition) is 3. The fourth-order valence-corrected chi connectivity index (χ4v) is 3.78. The van der Waals surface area contributed by atoms with Crippen LogP contribution < -0.4 is 5.73 Å². The summed E-state index contributed by atoms with van der Waals surface area (Å²) in [4.78, 5) is 5.27. The molecule has 0 amide bonds. The van der Waals surface area contributed by atoms with Gasteiger partial charge in [-0.3, -0.25) is 4.90 Å². The molecule has 0 spiro atoms. The summed E-state index contributed by atoms with van der Waals surface area (Å²) in [6.07, 6.45) is 5.41. The first-order chi connectivity index (χ1) is 8.50. The zero-order valence-corrected chi connectivity index (χ0v) is 12.7. The number of nitrogens with zero attached hydrogens (tertiary/aromatic N) is 1. The normalized spacial score (nSPS) is 20.5. The summed E-state index contributed by atoms with van der Waals surface area (Å²) >= 11 is 1.86. The Hall–Kier alpha value is -0.380. The molecule has 1 aromatic rings. The van der Waals surface area contributed by atoms with E-state index in [4.69, 9.17) is 5.73 Å². The average molecular weight is 266 g/mol. The molecule has 2 rings (SSSR count). The zero-order chi connectivity index (χ0) is 13.2. The lowest BCUT2D eigenvalue weighted by Gasteiger charge is -2.38. The molecule has 1 aliphatic rings. The van der Waals surface area contributed by atoms with Crippen LogP contribution in [0.3, 0.4) is 0 Å². The minimum atomic E-state index is 0.562. The molecule has 18 heavy (non-hydrogen) atoms. The van der Waals surface area contributed by atoms with Crippen molar-refractivity contribution in [3.8, 4) is 0 Å². The maximum Gasteiger partial charge on any atom is 0.0327 e. The van der Waals surface area contributed by atoms with Gasteiger partial charge in [-0.2, -0.15) is 0 Å². The molecule has 1 fully saturated rings. The van der Waals surface area contributed by atoms with E-state index in [0.717, 1.165) is 12.6 Å². The van der Waals surface area contributed by atoms with Crippen molar-refractivity contribution in [3.05, 3.63) is 21.9 Å². The smallest absolute Gasteiger partial charge is 0.0327 e. The van der Waals surface area contributed by atoms with Gasteiger partial charge in [0.05, 0.1) is 0 Å². The highest BCUT2D eigenvalue weighted by molar-refractivity contribution is 7.11. The predicted octanol–water partition coefficient (Wildman–Crippen LogP) is 3.61. The van der Waals surface area contributed by atoms with Crippen molar-refractivity contribution < 1.29 is 0 Å². The van der Waals surface area contributed by atoms with Gasteiger partial charge in [-0.15, -0.1) is 11.3 Å². The van der Waals surface area contributed by atoms with E-state index in [2.05, 4.69) is 37.9 Å². The third-order valence-electron chi connectivity index (χ3n) is 4.26. The molecule has 0 radical (unpaired) electrons. The second kappa shape index (κ2) is 5.72. The molecule has 1 saturated carbocycles. The molecule has 0 saturated heterocycles. The van der Waals surface area contributed by atoms with Crippen molar-refractivity contribution in [2.45, 2.75) is 58.7 Å². The number of rotatable bonds is 4. The Labute approximate surface area is 115 Å². The summed E-state index contributed by atoms with van der Waals surface area (Å²) in [5.41, 5.74) is 6.23. The van der Waals surface area contributed by atoms with Crippen molar-refractivity contribution in [2.24, 2.45) is 11.1 Å². The quantitative estimate of drug-likeness (QED) is 0.902. The first-order valence-electron chi connectivity index (χ1n) is 6.98. The molecule has 102 valence electrons. The van der Waals surface area contributed by atoms with Gasteiger partial charge in [0.2, 0.25) is 0 Å². The SMILES string of the molecule is CN(Cc1ccc(CN)s1)C1CCC(C)(C)CC1. The van der Waals surface area contributed by atoms with Crippen LogP contribution in [0.15, 0.2) is 12.1 Å². The van der Waals surface area contributed by atoms with E-state index in [1.165, 1.54) is 35.4 Å². The molecule has 0 aromatic carbocycles. The van der Waals surface area contributed by atoms with E-state index in [1.807, 2.05) is 11.3 Å². The number of thiophene rings is 1. The van der Waals surface area contributed by atoms with Gasteiger partial charge in [-0.1, -0.05) is 13.8 Å². The first kappa shape index (κ1) is 14.0. The first-order valence-corrected chi connectivity index (χ1v) is 7.80. The van der Waals surface area contributed by atoms with Crippen LogP contribution in [0.5, 0.6) is 0 Å². The Morgan fingerprint density at radius 3 is 2.44 bits per heavy atom. The second-order valence-corrected chi connectivity index (χ2v) is 7.64. The van der Waals surface area contributed by atoms with Crippen molar-refractivity contribution in [2.75, 3.05) is 7.05 Å². The lowest BCUT2D eigenvalue weighted by Crippen LogP contribution is -2.36. The second-order valence-electron chi connectivity index (χ2n) is 6.38. The largest absolute Gasteiger partial charge is 0.326 e. The molecule has 0 unspecified atom stereocenters. The van der Waals surface area contributed by atoms with E-state index < -0.39 is 0 Å². The number of hydrogen-bond donors (Lipinski definition) is 1. The highest BCUT2D eigenvalue weighted by atomic mass is 32.1. The Morgan fingerprint density at radius 2 is 1.89 bits per heavy atom. The maximum absolute atomic E-state index is 5.66. The van der Waals surface area contributed by atoms with Crippen LogP contribution in [0.25, 0.3) is 0 Å². The Bertz CT molecular complexity index is 374. The van der Waals surface area contributed by atoms with E-state index in [0.29, 0.717) is 12.0 Å². The van der Waals surface area contributed by atoms with Gasteiger partial charge < -0.3 is 5.73 Å². The molecule has 2 N–H and O–H groups in total. The highest BCUT2D eigenvalue weighted by Crippen LogP contribution is 2.37. The average Bonchev–Trinajstić information content (AvgIpc) is 2.76.